The number of benzene rings is 2. The maximum Gasteiger partial charge on any atom is 0.509 e. The third kappa shape index (κ3) is 2.70. The molecule has 2 aromatic carbocycles. The molecule has 0 aliphatic rings. The summed E-state index contributed by atoms with van der Waals surface area (Å²) in [5.41, 5.74) is 1.50. The first kappa shape index (κ1) is 11.8. The lowest BCUT2D eigenvalue weighted by Gasteiger charge is -2.17. The molecule has 0 aliphatic heterocycles. The van der Waals surface area contributed by atoms with Gasteiger partial charge >= 0.3 is 6.98 Å². The van der Waals surface area contributed by atoms with E-state index < -0.39 is 12.4 Å². The highest BCUT2D eigenvalue weighted by atomic mass is 19.4. The summed E-state index contributed by atoms with van der Waals surface area (Å²) in [7, 11) is 0. The Balaban J connectivity index is 2.54. The predicted molar refractivity (Wildman–Crippen MR) is 65.3 cm³/mol. The zero-order chi connectivity index (χ0) is 12.5. The van der Waals surface area contributed by atoms with Crippen LogP contribution in [0.5, 0.6) is 0 Å². The molecule has 0 nitrogen and oxygen atoms in total. The lowest BCUT2D eigenvalue weighted by Crippen LogP contribution is -2.34. The number of aryl methyl sites for hydroxylation is 1. The summed E-state index contributed by atoms with van der Waals surface area (Å²) in [4.78, 5) is 0. The first-order valence-electron chi connectivity index (χ1n) is 5.34. The van der Waals surface area contributed by atoms with Gasteiger partial charge in [-0.25, -0.2) is 0 Å². The first-order valence-corrected chi connectivity index (χ1v) is 5.34. The summed E-state index contributed by atoms with van der Waals surface area (Å²) in [5, 5.41) is 0. The molecule has 0 aliphatic carbocycles. The quantitative estimate of drug-likeness (QED) is 0.696. The van der Waals surface area contributed by atoms with Crippen LogP contribution in [0.2, 0.25) is 0 Å². The van der Waals surface area contributed by atoms with Crippen LogP contribution in [0.15, 0.2) is 48.5 Å². The molecule has 0 atom stereocenters. The van der Waals surface area contributed by atoms with Crippen LogP contribution in [-0.2, 0) is 0 Å². The van der Waals surface area contributed by atoms with Gasteiger partial charge in [-0.05, 0) is 18.1 Å². The average molecular weight is 235 g/mol. The van der Waals surface area contributed by atoms with E-state index in [0.717, 1.165) is 5.56 Å². The van der Waals surface area contributed by atoms with Crippen molar-refractivity contribution in [3.8, 4) is 11.1 Å². The van der Waals surface area contributed by atoms with E-state index in [0.29, 0.717) is 11.1 Å². The second kappa shape index (κ2) is 4.28. The van der Waals surface area contributed by atoms with Crippen LogP contribution < -0.4 is 5.46 Å². The Labute approximate surface area is 98.2 Å². The molecule has 0 spiro atoms. The summed E-state index contributed by atoms with van der Waals surface area (Å²) >= 11 is 0. The average Bonchev–Trinajstić information content (AvgIpc) is 2.28. The molecule has 2 aromatic rings. The minimum atomic E-state index is -4.94. The van der Waals surface area contributed by atoms with Crippen molar-refractivity contribution < 1.29 is 12.9 Å². The monoisotopic (exact) mass is 235 g/mol. The van der Waals surface area contributed by atoms with Gasteiger partial charge in [-0.2, -0.15) is 0 Å². The van der Waals surface area contributed by atoms with Crippen molar-refractivity contribution in [3.63, 3.8) is 0 Å². The Bertz CT molecular complexity index is 518. The second-order valence-corrected chi connectivity index (χ2v) is 4.07. The van der Waals surface area contributed by atoms with Gasteiger partial charge in [0.15, 0.2) is 0 Å². The van der Waals surface area contributed by atoms with Crippen molar-refractivity contribution in [1.82, 2.24) is 0 Å². The third-order valence-corrected chi connectivity index (χ3v) is 2.58. The Morgan fingerprint density at radius 2 is 1.47 bits per heavy atom. The van der Waals surface area contributed by atoms with Gasteiger partial charge in [0.2, 0.25) is 0 Å². The fourth-order valence-electron chi connectivity index (χ4n) is 1.80. The number of rotatable bonds is 2. The van der Waals surface area contributed by atoms with E-state index in [2.05, 4.69) is 0 Å². The van der Waals surface area contributed by atoms with Crippen LogP contribution >= 0.6 is 0 Å². The highest BCUT2D eigenvalue weighted by molar-refractivity contribution is 6.73. The molecular weight excluding hydrogens is 224 g/mol. The highest BCUT2D eigenvalue weighted by Crippen LogP contribution is 2.21. The second-order valence-electron chi connectivity index (χ2n) is 4.07. The van der Waals surface area contributed by atoms with Crippen LogP contribution in [0.25, 0.3) is 11.1 Å². The molecule has 0 radical (unpaired) electrons. The van der Waals surface area contributed by atoms with E-state index in [1.807, 2.05) is 30.3 Å². The van der Waals surface area contributed by atoms with Crippen molar-refractivity contribution in [3.05, 3.63) is 54.1 Å². The molecular formula is C13H11BF3-. The maximum atomic E-state index is 12.7. The van der Waals surface area contributed by atoms with Gasteiger partial charge in [0.25, 0.3) is 0 Å². The van der Waals surface area contributed by atoms with Crippen molar-refractivity contribution in [2.75, 3.05) is 0 Å². The van der Waals surface area contributed by atoms with Crippen molar-refractivity contribution in [2.24, 2.45) is 0 Å². The minimum Gasteiger partial charge on any atom is -0.445 e. The molecule has 88 valence electrons. The van der Waals surface area contributed by atoms with Crippen LogP contribution in [0.3, 0.4) is 0 Å². The molecule has 0 bridgehead atoms. The fraction of sp³-hybridized carbons (Fsp3) is 0.0769. The van der Waals surface area contributed by atoms with Crippen LogP contribution in [0.4, 0.5) is 12.9 Å². The SMILES string of the molecule is Cc1cc(-c2ccccc2)cc([B-](F)(F)F)c1. The molecule has 0 aromatic heterocycles. The van der Waals surface area contributed by atoms with Crippen molar-refractivity contribution >= 4 is 12.4 Å². The molecule has 0 saturated carbocycles. The molecule has 0 heterocycles. The summed E-state index contributed by atoms with van der Waals surface area (Å²) < 4.78 is 38.2. The molecule has 4 heteroatoms. The van der Waals surface area contributed by atoms with E-state index in [9.17, 15) is 12.9 Å². The zero-order valence-corrected chi connectivity index (χ0v) is 9.33. The highest BCUT2D eigenvalue weighted by Gasteiger charge is 2.25. The number of hydrogen-bond donors (Lipinski definition) is 0. The lowest BCUT2D eigenvalue weighted by molar-refractivity contribution is 0.501. The van der Waals surface area contributed by atoms with E-state index in [4.69, 9.17) is 0 Å². The standard InChI is InChI=1S/C13H11BF3/c1-10-7-12(11-5-3-2-4-6-11)9-13(8-10)14(15,16)17/h2-9H,1H3/q-1. The lowest BCUT2D eigenvalue weighted by atomic mass is 9.78. The van der Waals surface area contributed by atoms with Gasteiger partial charge in [-0.15, -0.1) is 5.46 Å². The van der Waals surface area contributed by atoms with E-state index in [1.54, 1.807) is 13.0 Å². The zero-order valence-electron chi connectivity index (χ0n) is 9.33. The molecule has 0 fully saturated rings. The number of hydrogen-bond acceptors (Lipinski definition) is 0. The smallest absolute Gasteiger partial charge is 0.445 e. The van der Waals surface area contributed by atoms with Gasteiger partial charge in [0.05, 0.1) is 0 Å². The van der Waals surface area contributed by atoms with Gasteiger partial charge in [0, 0.05) is 0 Å². The maximum absolute atomic E-state index is 12.7. The largest absolute Gasteiger partial charge is 0.509 e. The predicted octanol–water partition coefficient (Wildman–Crippen LogP) is 3.72. The molecule has 2 rings (SSSR count). The molecule has 0 amide bonds. The Hall–Kier alpha value is -1.71. The van der Waals surface area contributed by atoms with Crippen molar-refractivity contribution in [1.29, 1.82) is 0 Å². The number of halogens is 3. The van der Waals surface area contributed by atoms with E-state index in [1.165, 1.54) is 12.1 Å². The van der Waals surface area contributed by atoms with Gasteiger partial charge < -0.3 is 12.9 Å². The van der Waals surface area contributed by atoms with Gasteiger partial charge in [-0.3, -0.25) is 0 Å². The summed E-state index contributed by atoms with van der Waals surface area (Å²) in [6.45, 7) is -3.26. The minimum absolute atomic E-state index is 0.538. The van der Waals surface area contributed by atoms with Crippen LogP contribution in [0, 0.1) is 6.92 Å². The normalized spacial score (nSPS) is 11.5. The molecule has 0 saturated heterocycles. The van der Waals surface area contributed by atoms with Gasteiger partial charge in [-0.1, -0.05) is 54.1 Å². The fourth-order valence-corrected chi connectivity index (χ4v) is 1.80. The Morgan fingerprint density at radius 1 is 0.824 bits per heavy atom. The topological polar surface area (TPSA) is 0 Å². The molecule has 0 unspecified atom stereocenters. The summed E-state index contributed by atoms with van der Waals surface area (Å²) in [6.07, 6.45) is 0. The summed E-state index contributed by atoms with van der Waals surface area (Å²) in [5.74, 6) is 0. The first-order chi connectivity index (χ1) is 7.97. The van der Waals surface area contributed by atoms with Crippen LogP contribution in [-0.4, -0.2) is 6.98 Å². The summed E-state index contributed by atoms with van der Waals surface area (Å²) in [6, 6.07) is 13.2. The van der Waals surface area contributed by atoms with Gasteiger partial charge in [0.1, 0.15) is 0 Å². The Morgan fingerprint density at radius 3 is 2.06 bits per heavy atom. The van der Waals surface area contributed by atoms with E-state index in [-0.39, 0.29) is 0 Å². The third-order valence-electron chi connectivity index (χ3n) is 2.58. The molecule has 0 N–H and O–H groups in total. The van der Waals surface area contributed by atoms with Crippen molar-refractivity contribution in [2.45, 2.75) is 6.92 Å². The Kier molecular flexibility index (Phi) is 2.96. The van der Waals surface area contributed by atoms with Crippen LogP contribution in [0.1, 0.15) is 5.56 Å². The molecule has 17 heavy (non-hydrogen) atoms. The van der Waals surface area contributed by atoms with E-state index >= 15 is 0 Å².